The predicted octanol–water partition coefficient (Wildman–Crippen LogP) is 1.11. The van der Waals surface area contributed by atoms with E-state index in [1.807, 2.05) is 4.90 Å². The van der Waals surface area contributed by atoms with E-state index in [0.717, 1.165) is 5.13 Å². The molecule has 126 valence electrons. The van der Waals surface area contributed by atoms with Gasteiger partial charge >= 0.3 is 0 Å². The smallest absolute Gasteiger partial charge is 0.214 e. The van der Waals surface area contributed by atoms with E-state index >= 15 is 0 Å². The Morgan fingerprint density at radius 2 is 2.25 bits per heavy atom. The first kappa shape index (κ1) is 15.3. The molecule has 0 amide bonds. The molecule has 0 bridgehead atoms. The zero-order valence-electron chi connectivity index (χ0n) is 12.9. The molecule has 9 heteroatoms. The van der Waals surface area contributed by atoms with Crippen LogP contribution in [0.25, 0.3) is 16.2 Å². The van der Waals surface area contributed by atoms with Gasteiger partial charge in [-0.25, -0.2) is 13.9 Å². The average Bonchev–Trinajstić information content (AvgIpc) is 3.22. The van der Waals surface area contributed by atoms with Crippen LogP contribution in [-0.4, -0.2) is 52.0 Å². The molecule has 1 aliphatic heterocycles. The highest BCUT2D eigenvalue weighted by molar-refractivity contribution is 7.20. The maximum atomic E-state index is 13.4. The second kappa shape index (κ2) is 5.69. The van der Waals surface area contributed by atoms with E-state index in [9.17, 15) is 9.50 Å². The number of nitrogens with two attached hydrogens (primary N) is 1. The van der Waals surface area contributed by atoms with Crippen molar-refractivity contribution in [3.63, 3.8) is 0 Å². The normalized spacial score (nSPS) is 20.9. The van der Waals surface area contributed by atoms with Crippen molar-refractivity contribution in [2.45, 2.75) is 12.1 Å². The van der Waals surface area contributed by atoms with Gasteiger partial charge in [0.05, 0.1) is 25.1 Å². The Labute approximate surface area is 141 Å². The molecule has 1 aliphatic rings. The largest absolute Gasteiger partial charge is 0.496 e. The van der Waals surface area contributed by atoms with Crippen molar-refractivity contribution in [3.05, 3.63) is 30.2 Å². The van der Waals surface area contributed by atoms with Crippen LogP contribution >= 0.6 is 11.3 Å². The summed E-state index contributed by atoms with van der Waals surface area (Å²) >= 11 is 1.42. The van der Waals surface area contributed by atoms with E-state index in [0.29, 0.717) is 35.1 Å². The lowest BCUT2D eigenvalue weighted by atomic mass is 10.1. The van der Waals surface area contributed by atoms with Crippen molar-refractivity contribution in [3.8, 4) is 17.0 Å². The van der Waals surface area contributed by atoms with Gasteiger partial charge in [0.15, 0.2) is 0 Å². The number of benzene rings is 1. The van der Waals surface area contributed by atoms with Crippen LogP contribution in [0.2, 0.25) is 0 Å². The van der Waals surface area contributed by atoms with Crippen LogP contribution < -0.4 is 15.4 Å². The van der Waals surface area contributed by atoms with Crippen molar-refractivity contribution in [2.24, 2.45) is 5.73 Å². The third-order valence-corrected chi connectivity index (χ3v) is 5.10. The number of aromatic nitrogens is 3. The maximum absolute atomic E-state index is 13.4. The number of imidazole rings is 1. The molecule has 0 spiro atoms. The molecule has 0 saturated carbocycles. The van der Waals surface area contributed by atoms with Crippen LogP contribution in [0.5, 0.6) is 5.75 Å². The molecule has 2 aromatic heterocycles. The zero-order chi connectivity index (χ0) is 16.8. The van der Waals surface area contributed by atoms with Gasteiger partial charge in [0.1, 0.15) is 11.6 Å². The molecule has 3 heterocycles. The molecule has 0 aliphatic carbocycles. The number of rotatable bonds is 3. The van der Waals surface area contributed by atoms with E-state index in [-0.39, 0.29) is 11.9 Å². The lowest BCUT2D eigenvalue weighted by Crippen LogP contribution is -2.32. The van der Waals surface area contributed by atoms with E-state index in [2.05, 4.69) is 10.1 Å². The number of aliphatic hydroxyl groups is 1. The van der Waals surface area contributed by atoms with E-state index in [1.165, 1.54) is 30.6 Å². The topological polar surface area (TPSA) is 88.9 Å². The standard InChI is InChI=1S/C15H16FN5O2S/c1-23-13-4-8(16)2-3-9(13)11-5-18-14-21(11)19-15(24-14)20-6-10(17)12(22)7-20/h2-5,10,12,22H,6-7,17H2,1H3/t10-,12+/m1/s1. The first-order valence-corrected chi connectivity index (χ1v) is 8.25. The minimum absolute atomic E-state index is 0.280. The van der Waals surface area contributed by atoms with Crippen molar-refractivity contribution < 1.29 is 14.2 Å². The lowest BCUT2D eigenvalue weighted by Gasteiger charge is -2.12. The fourth-order valence-corrected chi connectivity index (χ4v) is 3.73. The number of β-amino-alcohol motifs (C(OH)–C–C–N with tert-alkyl or cyclic N) is 1. The van der Waals surface area contributed by atoms with Gasteiger partial charge in [0.2, 0.25) is 10.1 Å². The van der Waals surface area contributed by atoms with Gasteiger partial charge in [-0.3, -0.25) is 0 Å². The van der Waals surface area contributed by atoms with E-state index in [4.69, 9.17) is 10.5 Å². The molecule has 0 radical (unpaired) electrons. The summed E-state index contributed by atoms with van der Waals surface area (Å²) in [5.74, 6) is 0.0559. The Morgan fingerprint density at radius 3 is 2.96 bits per heavy atom. The van der Waals surface area contributed by atoms with E-state index in [1.54, 1.807) is 16.8 Å². The average molecular weight is 349 g/mol. The molecular weight excluding hydrogens is 333 g/mol. The third-order valence-electron chi connectivity index (χ3n) is 4.12. The molecule has 7 nitrogen and oxygen atoms in total. The number of hydrogen-bond acceptors (Lipinski definition) is 7. The SMILES string of the molecule is COc1cc(F)ccc1-c1cnc2sc(N3C[C@@H](N)[C@@H](O)C3)nn12. The van der Waals surface area contributed by atoms with Crippen LogP contribution in [-0.2, 0) is 0 Å². The van der Waals surface area contributed by atoms with E-state index < -0.39 is 6.10 Å². The fraction of sp³-hybridized carbons (Fsp3) is 0.333. The van der Waals surface area contributed by atoms with Crippen LogP contribution in [0.15, 0.2) is 24.4 Å². The number of methoxy groups -OCH3 is 1. The molecule has 3 N–H and O–H groups in total. The number of fused-ring (bicyclic) bond motifs is 1. The lowest BCUT2D eigenvalue weighted by molar-refractivity contribution is 0.180. The highest BCUT2D eigenvalue weighted by Gasteiger charge is 2.30. The number of ether oxygens (including phenoxy) is 1. The highest BCUT2D eigenvalue weighted by atomic mass is 32.1. The third kappa shape index (κ3) is 2.41. The Morgan fingerprint density at radius 1 is 1.42 bits per heavy atom. The Bertz CT molecular complexity index is 885. The molecule has 3 aromatic rings. The molecule has 4 rings (SSSR count). The number of halogens is 1. The zero-order valence-corrected chi connectivity index (χ0v) is 13.7. The van der Waals surface area contributed by atoms with Crippen molar-refractivity contribution in [1.29, 1.82) is 0 Å². The van der Waals surface area contributed by atoms with Gasteiger partial charge in [-0.15, -0.1) is 5.10 Å². The Balaban J connectivity index is 1.76. The molecular formula is C15H16FN5O2S. The fourth-order valence-electron chi connectivity index (χ4n) is 2.84. The highest BCUT2D eigenvalue weighted by Crippen LogP contribution is 2.34. The van der Waals surface area contributed by atoms with Crippen molar-refractivity contribution >= 4 is 21.4 Å². The summed E-state index contributed by atoms with van der Waals surface area (Å²) in [5.41, 5.74) is 7.28. The Hall–Kier alpha value is -2.23. The van der Waals surface area contributed by atoms with Crippen LogP contribution in [0.3, 0.4) is 0 Å². The summed E-state index contributed by atoms with van der Waals surface area (Å²) < 4.78 is 20.4. The van der Waals surface area contributed by atoms with Gasteiger partial charge in [0.25, 0.3) is 0 Å². The summed E-state index contributed by atoms with van der Waals surface area (Å²) in [4.78, 5) is 7.03. The predicted molar refractivity (Wildman–Crippen MR) is 89.0 cm³/mol. The second-order valence-electron chi connectivity index (χ2n) is 5.70. The summed E-state index contributed by atoms with van der Waals surface area (Å²) in [5, 5.41) is 15.1. The summed E-state index contributed by atoms with van der Waals surface area (Å²) in [7, 11) is 1.50. The van der Waals surface area contributed by atoms with Gasteiger partial charge in [-0.2, -0.15) is 0 Å². The summed E-state index contributed by atoms with van der Waals surface area (Å²) in [6.45, 7) is 1.00. The molecule has 24 heavy (non-hydrogen) atoms. The maximum Gasteiger partial charge on any atom is 0.214 e. The quantitative estimate of drug-likeness (QED) is 0.736. The minimum Gasteiger partial charge on any atom is -0.496 e. The van der Waals surface area contributed by atoms with Gasteiger partial charge in [-0.1, -0.05) is 11.3 Å². The van der Waals surface area contributed by atoms with Crippen LogP contribution in [0.4, 0.5) is 9.52 Å². The molecule has 2 atom stereocenters. The number of hydrogen-bond donors (Lipinski definition) is 2. The van der Waals surface area contributed by atoms with Crippen molar-refractivity contribution in [1.82, 2.24) is 14.6 Å². The first-order chi connectivity index (χ1) is 11.6. The minimum atomic E-state index is -0.558. The van der Waals surface area contributed by atoms with Gasteiger partial charge in [0, 0.05) is 30.8 Å². The molecule has 0 unspecified atom stereocenters. The molecule has 1 saturated heterocycles. The Kier molecular flexibility index (Phi) is 3.63. The van der Waals surface area contributed by atoms with Crippen molar-refractivity contribution in [2.75, 3.05) is 25.1 Å². The summed E-state index contributed by atoms with van der Waals surface area (Å²) in [6.07, 6.45) is 1.13. The molecule has 1 fully saturated rings. The number of nitrogens with zero attached hydrogens (tertiary/aromatic N) is 4. The van der Waals surface area contributed by atoms with Crippen LogP contribution in [0, 0.1) is 5.82 Å². The van der Waals surface area contributed by atoms with Gasteiger partial charge < -0.3 is 20.5 Å². The van der Waals surface area contributed by atoms with Crippen LogP contribution in [0.1, 0.15) is 0 Å². The summed E-state index contributed by atoms with van der Waals surface area (Å²) in [6, 6.07) is 4.07. The molecule has 1 aromatic carbocycles. The number of anilines is 1. The number of aliphatic hydroxyl groups excluding tert-OH is 1. The first-order valence-electron chi connectivity index (χ1n) is 7.44. The monoisotopic (exact) mass is 349 g/mol. The van der Waals surface area contributed by atoms with Gasteiger partial charge in [-0.05, 0) is 12.1 Å². The second-order valence-corrected chi connectivity index (χ2v) is 6.64.